The van der Waals surface area contributed by atoms with Crippen LogP contribution in [-0.4, -0.2) is 46.3 Å². The van der Waals surface area contributed by atoms with Crippen molar-refractivity contribution in [1.29, 1.82) is 0 Å². The number of amides is 1. The standard InChI is InChI=1S/C18H23FN4O/c1-4-23-17(10-13(2)20-23)18(24)22-9-8-21(12-14(22)3)16-7-5-6-15(19)11-16/h5-7,10-11,14H,4,8-9,12H2,1-3H3. The predicted octanol–water partition coefficient (Wildman–Crippen LogP) is 2.70. The third kappa shape index (κ3) is 3.13. The number of nitrogens with zero attached hydrogens (tertiary/aromatic N) is 4. The highest BCUT2D eigenvalue weighted by Gasteiger charge is 2.30. The van der Waals surface area contributed by atoms with Crippen LogP contribution in [0.2, 0.25) is 0 Å². The van der Waals surface area contributed by atoms with Crippen LogP contribution in [-0.2, 0) is 6.54 Å². The monoisotopic (exact) mass is 330 g/mol. The minimum Gasteiger partial charge on any atom is -0.368 e. The van der Waals surface area contributed by atoms with Crippen molar-refractivity contribution in [2.75, 3.05) is 24.5 Å². The minimum atomic E-state index is -0.235. The Morgan fingerprint density at radius 3 is 2.79 bits per heavy atom. The second-order valence-corrected chi connectivity index (χ2v) is 6.26. The van der Waals surface area contributed by atoms with Gasteiger partial charge >= 0.3 is 0 Å². The van der Waals surface area contributed by atoms with E-state index in [4.69, 9.17) is 0 Å². The van der Waals surface area contributed by atoms with Crippen LogP contribution in [0.1, 0.15) is 30.0 Å². The summed E-state index contributed by atoms with van der Waals surface area (Å²) >= 11 is 0. The van der Waals surface area contributed by atoms with Gasteiger partial charge in [0.2, 0.25) is 0 Å². The van der Waals surface area contributed by atoms with E-state index in [1.54, 1.807) is 16.8 Å². The zero-order chi connectivity index (χ0) is 17.3. The van der Waals surface area contributed by atoms with Gasteiger partial charge in [-0.2, -0.15) is 5.10 Å². The molecule has 1 fully saturated rings. The van der Waals surface area contributed by atoms with E-state index in [-0.39, 0.29) is 17.8 Å². The van der Waals surface area contributed by atoms with Crippen molar-refractivity contribution in [3.05, 3.63) is 47.5 Å². The largest absolute Gasteiger partial charge is 0.368 e. The molecule has 0 spiro atoms. The summed E-state index contributed by atoms with van der Waals surface area (Å²) in [5.41, 5.74) is 2.36. The molecule has 2 heterocycles. The molecule has 3 rings (SSSR count). The maximum absolute atomic E-state index is 13.4. The molecule has 128 valence electrons. The van der Waals surface area contributed by atoms with Crippen LogP contribution >= 0.6 is 0 Å². The molecule has 0 bridgehead atoms. The van der Waals surface area contributed by atoms with Gasteiger partial charge in [-0.1, -0.05) is 6.07 Å². The van der Waals surface area contributed by atoms with Gasteiger partial charge in [-0.05, 0) is 45.0 Å². The molecule has 2 aromatic rings. The molecular formula is C18H23FN4O. The number of halogens is 1. The number of benzene rings is 1. The SMILES string of the molecule is CCn1nc(C)cc1C(=O)N1CCN(c2cccc(F)c2)CC1C. The number of aromatic nitrogens is 2. The third-order valence-corrected chi connectivity index (χ3v) is 4.48. The van der Waals surface area contributed by atoms with E-state index in [2.05, 4.69) is 10.00 Å². The van der Waals surface area contributed by atoms with E-state index in [1.807, 2.05) is 37.8 Å². The maximum atomic E-state index is 13.4. The molecule has 1 aromatic heterocycles. The van der Waals surface area contributed by atoms with E-state index in [9.17, 15) is 9.18 Å². The molecule has 1 saturated heterocycles. The lowest BCUT2D eigenvalue weighted by molar-refractivity contribution is 0.0661. The first kappa shape index (κ1) is 16.5. The predicted molar refractivity (Wildman–Crippen MR) is 91.7 cm³/mol. The smallest absolute Gasteiger partial charge is 0.272 e. The molecule has 24 heavy (non-hydrogen) atoms. The average Bonchev–Trinajstić information content (AvgIpc) is 2.95. The number of anilines is 1. The molecule has 1 aliphatic rings. The van der Waals surface area contributed by atoms with Gasteiger partial charge < -0.3 is 9.80 Å². The lowest BCUT2D eigenvalue weighted by atomic mass is 10.1. The van der Waals surface area contributed by atoms with Gasteiger partial charge in [-0.15, -0.1) is 0 Å². The fourth-order valence-electron chi connectivity index (χ4n) is 3.27. The zero-order valence-electron chi connectivity index (χ0n) is 14.4. The average molecular weight is 330 g/mol. The van der Waals surface area contributed by atoms with Crippen molar-refractivity contribution in [3.8, 4) is 0 Å². The molecule has 1 aliphatic heterocycles. The van der Waals surface area contributed by atoms with Crippen molar-refractivity contribution in [2.24, 2.45) is 0 Å². The summed E-state index contributed by atoms with van der Waals surface area (Å²) in [6.07, 6.45) is 0. The molecule has 0 aliphatic carbocycles. The molecule has 0 N–H and O–H groups in total. The number of carbonyl (C=O) groups is 1. The number of rotatable bonds is 3. The van der Waals surface area contributed by atoms with Crippen LogP contribution < -0.4 is 4.90 Å². The van der Waals surface area contributed by atoms with Crippen molar-refractivity contribution in [3.63, 3.8) is 0 Å². The highest BCUT2D eigenvalue weighted by molar-refractivity contribution is 5.93. The van der Waals surface area contributed by atoms with E-state index < -0.39 is 0 Å². The van der Waals surface area contributed by atoms with Crippen LogP contribution in [0.15, 0.2) is 30.3 Å². The van der Waals surface area contributed by atoms with Crippen LogP contribution in [0.5, 0.6) is 0 Å². The molecule has 1 atom stereocenters. The first-order chi connectivity index (χ1) is 11.5. The van der Waals surface area contributed by atoms with E-state index >= 15 is 0 Å². The van der Waals surface area contributed by atoms with Crippen molar-refractivity contribution in [1.82, 2.24) is 14.7 Å². The van der Waals surface area contributed by atoms with Gasteiger partial charge in [0.15, 0.2) is 0 Å². The maximum Gasteiger partial charge on any atom is 0.272 e. The quantitative estimate of drug-likeness (QED) is 0.869. The summed E-state index contributed by atoms with van der Waals surface area (Å²) in [5, 5.41) is 4.36. The van der Waals surface area contributed by atoms with Crippen LogP contribution in [0.4, 0.5) is 10.1 Å². The Bertz CT molecular complexity index is 742. The molecule has 1 unspecified atom stereocenters. The Kier molecular flexibility index (Phi) is 4.55. The van der Waals surface area contributed by atoms with E-state index in [0.717, 1.165) is 11.4 Å². The summed E-state index contributed by atoms with van der Waals surface area (Å²) in [4.78, 5) is 16.9. The molecule has 1 aromatic carbocycles. The molecule has 0 radical (unpaired) electrons. The Labute approximate surface area is 141 Å². The van der Waals surface area contributed by atoms with Gasteiger partial charge in [-0.25, -0.2) is 4.39 Å². The fourth-order valence-corrected chi connectivity index (χ4v) is 3.27. The lowest BCUT2D eigenvalue weighted by Gasteiger charge is -2.41. The van der Waals surface area contributed by atoms with Crippen LogP contribution in [0.3, 0.4) is 0 Å². The second-order valence-electron chi connectivity index (χ2n) is 6.26. The minimum absolute atomic E-state index is 0.0174. The first-order valence-corrected chi connectivity index (χ1v) is 8.35. The van der Waals surface area contributed by atoms with Crippen molar-refractivity contribution < 1.29 is 9.18 Å². The third-order valence-electron chi connectivity index (χ3n) is 4.48. The molecule has 5 nitrogen and oxygen atoms in total. The highest BCUT2D eigenvalue weighted by atomic mass is 19.1. The number of piperazine rings is 1. The highest BCUT2D eigenvalue weighted by Crippen LogP contribution is 2.21. The second kappa shape index (κ2) is 6.63. The Morgan fingerprint density at radius 1 is 1.33 bits per heavy atom. The summed E-state index contributed by atoms with van der Waals surface area (Å²) in [6, 6.07) is 8.51. The van der Waals surface area contributed by atoms with E-state index in [1.165, 1.54) is 6.07 Å². The summed E-state index contributed by atoms with van der Waals surface area (Å²) in [7, 11) is 0. The van der Waals surface area contributed by atoms with E-state index in [0.29, 0.717) is 31.9 Å². The van der Waals surface area contributed by atoms with Crippen molar-refractivity contribution in [2.45, 2.75) is 33.4 Å². The van der Waals surface area contributed by atoms with Gasteiger partial charge in [-0.3, -0.25) is 9.48 Å². The molecule has 6 heteroatoms. The molecular weight excluding hydrogens is 307 g/mol. The summed E-state index contributed by atoms with van der Waals surface area (Å²) in [6.45, 7) is 8.58. The van der Waals surface area contributed by atoms with Crippen molar-refractivity contribution >= 4 is 11.6 Å². The van der Waals surface area contributed by atoms with Gasteiger partial charge in [0.25, 0.3) is 5.91 Å². The van der Waals surface area contributed by atoms with Gasteiger partial charge in [0, 0.05) is 37.9 Å². The number of aryl methyl sites for hydroxylation is 2. The lowest BCUT2D eigenvalue weighted by Crippen LogP contribution is -2.54. The van der Waals surface area contributed by atoms with Gasteiger partial charge in [0.05, 0.1) is 5.69 Å². The fraction of sp³-hybridized carbons (Fsp3) is 0.444. The number of hydrogen-bond acceptors (Lipinski definition) is 3. The molecule has 1 amide bonds. The zero-order valence-corrected chi connectivity index (χ0v) is 14.4. The number of hydrogen-bond donors (Lipinski definition) is 0. The topological polar surface area (TPSA) is 41.4 Å². The Hall–Kier alpha value is -2.37. The van der Waals surface area contributed by atoms with Gasteiger partial charge in [0.1, 0.15) is 11.5 Å². The van der Waals surface area contributed by atoms with Crippen LogP contribution in [0.25, 0.3) is 0 Å². The normalized spacial score (nSPS) is 18.1. The summed E-state index contributed by atoms with van der Waals surface area (Å²) in [5.74, 6) is -0.218. The summed E-state index contributed by atoms with van der Waals surface area (Å²) < 4.78 is 15.2. The Morgan fingerprint density at radius 2 is 2.12 bits per heavy atom. The van der Waals surface area contributed by atoms with Crippen LogP contribution in [0, 0.1) is 12.7 Å². The first-order valence-electron chi connectivity index (χ1n) is 8.35. The Balaban J connectivity index is 1.75. The molecule has 0 saturated carbocycles. The number of carbonyl (C=O) groups excluding carboxylic acids is 1.